The van der Waals surface area contributed by atoms with E-state index in [-0.39, 0.29) is 12.7 Å². The number of hydrogen-bond acceptors (Lipinski definition) is 7. The van der Waals surface area contributed by atoms with Crippen LogP contribution in [-0.2, 0) is 11.3 Å². The highest BCUT2D eigenvalue weighted by Gasteiger charge is 2.16. The largest absolute Gasteiger partial charge is 0.454 e. The van der Waals surface area contributed by atoms with Crippen LogP contribution in [0.3, 0.4) is 0 Å². The lowest BCUT2D eigenvalue weighted by Gasteiger charge is -2.32. The third-order valence-electron chi connectivity index (χ3n) is 4.01. The second-order valence-electron chi connectivity index (χ2n) is 5.94. The number of amides is 1. The Bertz CT molecular complexity index is 636. The van der Waals surface area contributed by atoms with E-state index in [4.69, 9.17) is 21.7 Å². The summed E-state index contributed by atoms with van der Waals surface area (Å²) < 4.78 is 11.2. The van der Waals surface area contributed by atoms with Crippen molar-refractivity contribution in [3.05, 3.63) is 23.8 Å². The van der Waals surface area contributed by atoms with Gasteiger partial charge in [0.05, 0.1) is 5.75 Å². The van der Waals surface area contributed by atoms with Gasteiger partial charge in [0.1, 0.15) is 4.32 Å². The van der Waals surface area contributed by atoms with Crippen LogP contribution in [0, 0.1) is 0 Å². The van der Waals surface area contributed by atoms with E-state index in [1.165, 1.54) is 11.8 Å². The van der Waals surface area contributed by atoms with E-state index >= 15 is 0 Å². The van der Waals surface area contributed by atoms with Crippen LogP contribution in [0.5, 0.6) is 11.5 Å². The molecule has 2 aliphatic heterocycles. The van der Waals surface area contributed by atoms with Crippen LogP contribution in [0.2, 0.25) is 0 Å². The Balaban J connectivity index is 1.34. The topological polar surface area (TPSA) is 66.1 Å². The summed E-state index contributed by atoms with van der Waals surface area (Å²) in [6, 6.07) is 5.66. The summed E-state index contributed by atoms with van der Waals surface area (Å²) in [4.78, 5) is 14.3. The Morgan fingerprint density at radius 1 is 1.24 bits per heavy atom. The van der Waals surface area contributed by atoms with Gasteiger partial charge in [-0.15, -0.1) is 0 Å². The molecule has 0 aliphatic carbocycles. The van der Waals surface area contributed by atoms with Crippen LogP contribution in [0.25, 0.3) is 0 Å². The molecule has 2 heterocycles. The number of ether oxygens (including phenoxy) is 2. The standard InChI is InChI=1S/C16H22N4O3S2/c1-19-4-6-20(7-5-19)18-16(24)25-10-15(21)17-9-12-2-3-13-14(8-12)23-11-22-13/h2-3,8H,4-7,9-11H2,1H3,(H,17,21)(H,18,24). The van der Waals surface area contributed by atoms with Gasteiger partial charge in [-0.2, -0.15) is 0 Å². The van der Waals surface area contributed by atoms with E-state index in [0.717, 1.165) is 43.2 Å². The fraction of sp³-hybridized carbons (Fsp3) is 0.500. The zero-order chi connectivity index (χ0) is 17.6. The van der Waals surface area contributed by atoms with Crippen LogP contribution in [-0.4, -0.2) is 65.9 Å². The first-order chi connectivity index (χ1) is 12.1. The van der Waals surface area contributed by atoms with Gasteiger partial charge in [-0.05, 0) is 24.7 Å². The van der Waals surface area contributed by atoms with Crippen LogP contribution in [0.4, 0.5) is 0 Å². The van der Waals surface area contributed by atoms with Crippen molar-refractivity contribution < 1.29 is 14.3 Å². The van der Waals surface area contributed by atoms with Gasteiger partial charge >= 0.3 is 0 Å². The van der Waals surface area contributed by atoms with Gasteiger partial charge in [-0.25, -0.2) is 5.01 Å². The quantitative estimate of drug-likeness (QED) is 0.725. The molecule has 0 aromatic heterocycles. The Morgan fingerprint density at radius 3 is 2.80 bits per heavy atom. The summed E-state index contributed by atoms with van der Waals surface area (Å²) in [6.07, 6.45) is 0. The molecule has 1 saturated heterocycles. The molecule has 0 radical (unpaired) electrons. The predicted molar refractivity (Wildman–Crippen MR) is 102 cm³/mol. The maximum absolute atomic E-state index is 12.0. The highest BCUT2D eigenvalue weighted by atomic mass is 32.2. The van der Waals surface area contributed by atoms with Crippen LogP contribution in [0.1, 0.15) is 5.56 Å². The lowest BCUT2D eigenvalue weighted by molar-refractivity contribution is -0.118. The minimum Gasteiger partial charge on any atom is -0.454 e. The Labute approximate surface area is 157 Å². The Kier molecular flexibility index (Phi) is 6.35. The molecule has 0 bridgehead atoms. The number of nitrogens with one attached hydrogen (secondary N) is 2. The van der Waals surface area contributed by atoms with Crippen molar-refractivity contribution in [2.45, 2.75) is 6.54 Å². The maximum Gasteiger partial charge on any atom is 0.231 e. The van der Waals surface area contributed by atoms with Gasteiger partial charge in [0.2, 0.25) is 12.7 Å². The first-order valence-corrected chi connectivity index (χ1v) is 9.51. The number of thioether (sulfide) groups is 1. The first kappa shape index (κ1) is 18.2. The number of likely N-dealkylation sites (N-methyl/N-ethyl adjacent to an activating group) is 1. The minimum absolute atomic E-state index is 0.0507. The van der Waals surface area contributed by atoms with Crippen molar-refractivity contribution in [1.82, 2.24) is 20.7 Å². The zero-order valence-corrected chi connectivity index (χ0v) is 15.8. The van der Waals surface area contributed by atoms with E-state index in [1.807, 2.05) is 18.2 Å². The summed E-state index contributed by atoms with van der Waals surface area (Å²) in [7, 11) is 2.11. The zero-order valence-electron chi connectivity index (χ0n) is 14.1. The number of fused-ring (bicyclic) bond motifs is 1. The number of rotatable bonds is 5. The molecule has 0 saturated carbocycles. The Morgan fingerprint density at radius 2 is 2.00 bits per heavy atom. The van der Waals surface area contributed by atoms with Gasteiger partial charge in [0, 0.05) is 32.7 Å². The molecule has 1 aromatic rings. The number of thiocarbonyl (C=S) groups is 1. The number of nitrogens with zero attached hydrogens (tertiary/aromatic N) is 2. The summed E-state index contributed by atoms with van der Waals surface area (Å²) >= 11 is 6.64. The molecule has 0 atom stereocenters. The fourth-order valence-electron chi connectivity index (χ4n) is 2.51. The molecule has 1 aromatic carbocycles. The summed E-state index contributed by atoms with van der Waals surface area (Å²) in [5.41, 5.74) is 4.16. The molecular weight excluding hydrogens is 360 g/mol. The highest BCUT2D eigenvalue weighted by Crippen LogP contribution is 2.32. The van der Waals surface area contributed by atoms with E-state index < -0.39 is 0 Å². The van der Waals surface area contributed by atoms with Gasteiger partial charge in [0.25, 0.3) is 0 Å². The fourth-order valence-corrected chi connectivity index (χ4v) is 3.38. The van der Waals surface area contributed by atoms with Crippen molar-refractivity contribution in [3.8, 4) is 11.5 Å². The molecule has 0 spiro atoms. The molecule has 2 N–H and O–H groups in total. The van der Waals surface area contributed by atoms with Crippen molar-refractivity contribution in [3.63, 3.8) is 0 Å². The normalized spacial score (nSPS) is 17.3. The number of benzene rings is 1. The average molecular weight is 383 g/mol. The number of piperazine rings is 1. The number of hydrogen-bond donors (Lipinski definition) is 2. The molecule has 2 aliphatic rings. The molecule has 9 heteroatoms. The monoisotopic (exact) mass is 382 g/mol. The van der Waals surface area contributed by atoms with Crippen molar-refractivity contribution in [1.29, 1.82) is 0 Å². The smallest absolute Gasteiger partial charge is 0.231 e. The van der Waals surface area contributed by atoms with E-state index in [9.17, 15) is 4.79 Å². The number of carbonyl (C=O) groups is 1. The van der Waals surface area contributed by atoms with Crippen molar-refractivity contribution in [2.24, 2.45) is 0 Å². The lowest BCUT2D eigenvalue weighted by Crippen LogP contribution is -2.51. The number of hydrazine groups is 1. The summed E-state index contributed by atoms with van der Waals surface area (Å²) in [5.74, 6) is 1.71. The number of carbonyl (C=O) groups excluding carboxylic acids is 1. The molecule has 1 fully saturated rings. The summed E-state index contributed by atoms with van der Waals surface area (Å²) in [5, 5.41) is 4.99. The molecule has 1 amide bonds. The molecule has 7 nitrogen and oxygen atoms in total. The third-order valence-corrected chi connectivity index (χ3v) is 5.22. The van der Waals surface area contributed by atoms with Crippen LogP contribution >= 0.6 is 24.0 Å². The summed E-state index contributed by atoms with van der Waals surface area (Å²) in [6.45, 7) is 4.57. The molecule has 136 valence electrons. The molecule has 3 rings (SSSR count). The molecule has 0 unspecified atom stereocenters. The van der Waals surface area contributed by atoms with E-state index in [1.54, 1.807) is 0 Å². The van der Waals surface area contributed by atoms with Gasteiger partial charge in [-0.1, -0.05) is 30.0 Å². The minimum atomic E-state index is -0.0507. The Hall–Kier alpha value is -1.55. The molecule has 25 heavy (non-hydrogen) atoms. The van der Waals surface area contributed by atoms with Gasteiger partial charge < -0.3 is 25.1 Å². The first-order valence-electron chi connectivity index (χ1n) is 8.12. The van der Waals surface area contributed by atoms with Crippen molar-refractivity contribution in [2.75, 3.05) is 45.8 Å². The lowest BCUT2D eigenvalue weighted by atomic mass is 10.2. The third kappa shape index (κ3) is 5.46. The van der Waals surface area contributed by atoms with Crippen LogP contribution in [0.15, 0.2) is 18.2 Å². The molecular formula is C16H22N4O3S2. The SMILES string of the molecule is CN1CCN(NC(=S)SCC(=O)NCc2ccc3c(c2)OCO3)CC1. The highest BCUT2D eigenvalue weighted by molar-refractivity contribution is 8.23. The second kappa shape index (κ2) is 8.70. The predicted octanol–water partition coefficient (Wildman–Crippen LogP) is 0.802. The average Bonchev–Trinajstić information content (AvgIpc) is 3.08. The van der Waals surface area contributed by atoms with Gasteiger partial charge in [-0.3, -0.25) is 4.79 Å². The van der Waals surface area contributed by atoms with Gasteiger partial charge in [0.15, 0.2) is 11.5 Å². The van der Waals surface area contributed by atoms with Crippen LogP contribution < -0.4 is 20.2 Å². The maximum atomic E-state index is 12.0. The van der Waals surface area contributed by atoms with E-state index in [2.05, 4.69) is 27.7 Å². The second-order valence-corrected chi connectivity index (χ2v) is 7.59. The van der Waals surface area contributed by atoms with E-state index in [0.29, 0.717) is 16.6 Å². The van der Waals surface area contributed by atoms with Crippen molar-refractivity contribution >= 4 is 34.2 Å².